The molecule has 1 aromatic carbocycles. The van der Waals surface area contributed by atoms with Crippen molar-refractivity contribution in [2.45, 2.75) is 58.8 Å². The average Bonchev–Trinajstić information content (AvgIpc) is 2.97. The second-order valence-electron chi connectivity index (χ2n) is 9.67. The zero-order valence-electron chi connectivity index (χ0n) is 21.0. The summed E-state index contributed by atoms with van der Waals surface area (Å²) in [5.41, 5.74) is 0.848. The highest BCUT2D eigenvalue weighted by atomic mass is 79.9. The van der Waals surface area contributed by atoms with E-state index in [1.54, 1.807) is 65.8 Å². The fourth-order valence-electron chi connectivity index (χ4n) is 4.42. The van der Waals surface area contributed by atoms with Gasteiger partial charge in [-0.05, 0) is 42.0 Å². The molecule has 6 N–H and O–H groups in total. The van der Waals surface area contributed by atoms with E-state index < -0.39 is 66.5 Å². The van der Waals surface area contributed by atoms with Gasteiger partial charge in [0.25, 0.3) is 5.91 Å². The lowest BCUT2D eigenvalue weighted by Crippen LogP contribution is -2.60. The van der Waals surface area contributed by atoms with Crippen LogP contribution in [0.3, 0.4) is 0 Å². The molecule has 1 aliphatic rings. The molecule has 1 fully saturated rings. The van der Waals surface area contributed by atoms with Gasteiger partial charge in [0.15, 0.2) is 0 Å². The second kappa shape index (κ2) is 10.9. The number of hydrogen-bond acceptors (Lipinski definition) is 5. The van der Waals surface area contributed by atoms with E-state index in [2.05, 4.69) is 37.3 Å². The van der Waals surface area contributed by atoms with Crippen LogP contribution in [0.25, 0.3) is 0 Å². The summed E-state index contributed by atoms with van der Waals surface area (Å²) < 4.78 is 13.3. The summed E-state index contributed by atoms with van der Waals surface area (Å²) in [6.45, 7) is 9.53. The summed E-state index contributed by atoms with van der Waals surface area (Å²) in [5.74, 6) is -3.61. The third-order valence-corrected chi connectivity index (χ3v) is 9.08. The molecule has 1 saturated heterocycles. The summed E-state index contributed by atoms with van der Waals surface area (Å²) in [6.07, 6.45) is -0.594. The molecule has 200 valence electrons. The highest BCUT2D eigenvalue weighted by Gasteiger charge is 2.57. The first-order chi connectivity index (χ1) is 16.5. The lowest BCUT2D eigenvalue weighted by Gasteiger charge is -2.42. The van der Waals surface area contributed by atoms with Crippen molar-refractivity contribution in [3.05, 3.63) is 28.7 Å². The van der Waals surface area contributed by atoms with Crippen LogP contribution in [0.15, 0.2) is 28.7 Å². The highest BCUT2D eigenvalue weighted by molar-refractivity contribution is 9.10. The van der Waals surface area contributed by atoms with Crippen LogP contribution in [-0.4, -0.2) is 49.5 Å². The Hall–Kier alpha value is -2.47. The van der Waals surface area contributed by atoms with Crippen LogP contribution in [-0.2, 0) is 14.2 Å². The Labute approximate surface area is 218 Å². The van der Waals surface area contributed by atoms with Crippen LogP contribution in [0.4, 0.5) is 15.3 Å². The van der Waals surface area contributed by atoms with Crippen LogP contribution in [0, 0.1) is 17.8 Å². The van der Waals surface area contributed by atoms with E-state index in [9.17, 15) is 33.5 Å². The molecule has 0 spiro atoms. The van der Waals surface area contributed by atoms with Gasteiger partial charge in [-0.2, -0.15) is 5.01 Å². The number of anilines is 1. The van der Waals surface area contributed by atoms with E-state index in [-0.39, 0.29) is 0 Å². The zero-order chi connectivity index (χ0) is 27.6. The molecule has 1 atom stereocenters. The van der Waals surface area contributed by atoms with E-state index in [0.717, 1.165) is 4.47 Å². The number of halogens is 1. The number of carbonyl (C=O) groups is 4. The Morgan fingerprint density at radius 2 is 1.61 bits per heavy atom. The molecule has 0 radical (unpaired) electrons. The average molecular weight is 590 g/mol. The number of hydrogen-bond donors (Lipinski definition) is 6. The van der Waals surface area contributed by atoms with Crippen molar-refractivity contribution < 1.29 is 33.5 Å². The minimum atomic E-state index is -4.84. The highest BCUT2D eigenvalue weighted by Crippen LogP contribution is 2.56. The molecule has 1 aromatic rings. The Morgan fingerprint density at radius 1 is 1.08 bits per heavy atom. The fraction of sp³-hybridized carbons (Fsp3) is 0.545. The van der Waals surface area contributed by atoms with Crippen molar-refractivity contribution in [2.75, 3.05) is 5.32 Å². The van der Waals surface area contributed by atoms with Crippen LogP contribution in [0.1, 0.15) is 48.0 Å². The Bertz CT molecular complexity index is 1070. The fourth-order valence-corrected chi connectivity index (χ4v) is 6.30. The van der Waals surface area contributed by atoms with Crippen LogP contribution in [0.5, 0.6) is 0 Å². The van der Waals surface area contributed by atoms with Gasteiger partial charge in [-0.25, -0.2) is 15.0 Å². The number of urea groups is 2. The van der Waals surface area contributed by atoms with Gasteiger partial charge >= 0.3 is 19.7 Å². The molecule has 12 nitrogen and oxygen atoms in total. The molecule has 1 aliphatic heterocycles. The first-order valence-electron chi connectivity index (χ1n) is 11.3. The Morgan fingerprint density at radius 3 is 2.06 bits per heavy atom. The normalized spacial score (nSPS) is 18.6. The summed E-state index contributed by atoms with van der Waals surface area (Å²) >= 11 is 3.28. The van der Waals surface area contributed by atoms with Crippen molar-refractivity contribution in [1.29, 1.82) is 0 Å². The largest absolute Gasteiger partial charge is 0.351 e. The lowest BCUT2D eigenvalue weighted by molar-refractivity contribution is -0.138. The summed E-state index contributed by atoms with van der Waals surface area (Å²) in [4.78, 5) is 71.8. The van der Waals surface area contributed by atoms with Crippen molar-refractivity contribution in [3.8, 4) is 0 Å². The van der Waals surface area contributed by atoms with Crippen LogP contribution >= 0.6 is 23.5 Å². The molecule has 1 heterocycles. The third-order valence-electron chi connectivity index (χ3n) is 6.44. The summed E-state index contributed by atoms with van der Waals surface area (Å²) in [6, 6.07) is 4.80. The molecule has 2 rings (SSSR count). The van der Waals surface area contributed by atoms with E-state index in [0.29, 0.717) is 10.7 Å². The molecule has 36 heavy (non-hydrogen) atoms. The van der Waals surface area contributed by atoms with Crippen molar-refractivity contribution in [3.63, 3.8) is 0 Å². The van der Waals surface area contributed by atoms with Crippen LogP contribution < -0.4 is 21.4 Å². The van der Waals surface area contributed by atoms with Crippen LogP contribution in [0.2, 0.25) is 0 Å². The van der Waals surface area contributed by atoms with Gasteiger partial charge in [0.2, 0.25) is 5.91 Å². The Balaban J connectivity index is 2.27. The van der Waals surface area contributed by atoms with Crippen molar-refractivity contribution >= 4 is 53.1 Å². The van der Waals surface area contributed by atoms with Gasteiger partial charge in [-0.3, -0.25) is 14.2 Å². The van der Waals surface area contributed by atoms with Gasteiger partial charge in [0.05, 0.1) is 6.42 Å². The zero-order valence-corrected chi connectivity index (χ0v) is 23.4. The Kier molecular flexibility index (Phi) is 8.99. The minimum absolute atomic E-state index is 0.411. The van der Waals surface area contributed by atoms with Gasteiger partial charge in [-0.1, -0.05) is 57.5 Å². The first-order valence-corrected chi connectivity index (χ1v) is 13.7. The molecule has 0 aliphatic carbocycles. The number of nitrogens with zero attached hydrogens (tertiary/aromatic N) is 1. The molecule has 1 unspecified atom stereocenters. The van der Waals surface area contributed by atoms with Gasteiger partial charge in [-0.15, -0.1) is 0 Å². The van der Waals surface area contributed by atoms with E-state index >= 15 is 0 Å². The number of imide groups is 1. The van der Waals surface area contributed by atoms with E-state index in [4.69, 9.17) is 0 Å². The maximum atomic E-state index is 13.3. The number of carbonyl (C=O) groups excluding carboxylic acids is 4. The molecule has 6 amide bonds. The maximum absolute atomic E-state index is 13.3. The minimum Gasteiger partial charge on any atom is -0.339 e. The number of rotatable bonds is 9. The predicted octanol–water partition coefficient (Wildman–Crippen LogP) is 3.12. The molecule has 14 heteroatoms. The summed E-state index contributed by atoms with van der Waals surface area (Å²) in [7, 11) is -4.84. The third kappa shape index (κ3) is 5.74. The summed E-state index contributed by atoms with van der Waals surface area (Å²) in [5, 5.41) is 6.07. The topological polar surface area (TPSA) is 177 Å². The monoisotopic (exact) mass is 589 g/mol. The quantitative estimate of drug-likeness (QED) is 0.189. The lowest BCUT2D eigenvalue weighted by atomic mass is 9.82. The SMILES string of the molecule is CC(C)C1(CC(=O)NC(C(C)C)(C(C)C)P(=O)(O)O)NC(=O)N(NC(=O)Nc2ccc(Br)cc2)C1=O. The standard InChI is InChI=1S/C22H33BrN5O7P/c1-12(2)21(11-17(29)25-22(13(3)4,14(5)6)36(33,34)35)18(30)28(20(32)26-21)27-19(31)24-16-9-7-15(23)8-10-16/h7-10,12-14H,11H2,1-6H3,(H,25,29)(H,26,32)(H2,24,27,31)(H2,33,34,35). The maximum Gasteiger partial charge on any atom is 0.351 e. The number of benzene rings is 1. The van der Waals surface area contributed by atoms with Crippen molar-refractivity contribution in [2.24, 2.45) is 17.8 Å². The second-order valence-corrected chi connectivity index (χ2v) is 12.4. The number of hydrazine groups is 1. The molecule has 0 bridgehead atoms. The molecular weight excluding hydrogens is 557 g/mol. The van der Waals surface area contributed by atoms with Gasteiger partial charge in [0, 0.05) is 10.2 Å². The smallest absolute Gasteiger partial charge is 0.339 e. The van der Waals surface area contributed by atoms with Crippen molar-refractivity contribution in [1.82, 2.24) is 21.1 Å². The predicted molar refractivity (Wildman–Crippen MR) is 136 cm³/mol. The van der Waals surface area contributed by atoms with Gasteiger partial charge in [0.1, 0.15) is 10.8 Å². The molecular formula is C22H33BrN5O7P. The number of nitrogens with one attached hydrogen (secondary N) is 4. The van der Waals surface area contributed by atoms with E-state index in [1.807, 2.05) is 0 Å². The van der Waals surface area contributed by atoms with Gasteiger partial charge < -0.3 is 25.7 Å². The molecule has 0 aromatic heterocycles. The van der Waals surface area contributed by atoms with E-state index in [1.165, 1.54) is 0 Å². The number of amides is 6. The molecule has 0 saturated carbocycles. The first kappa shape index (κ1) is 29.8.